The number of rotatable bonds is 7. The number of carbonyl (C=O) groups is 2. The average Bonchev–Trinajstić information content (AvgIpc) is 2.54. The summed E-state index contributed by atoms with van der Waals surface area (Å²) in [5.41, 5.74) is 0.407. The molecule has 2 unspecified atom stereocenters. The first kappa shape index (κ1) is 16.5. The lowest BCUT2D eigenvalue weighted by molar-refractivity contribution is -0.194. The molecule has 0 spiro atoms. The minimum absolute atomic E-state index is 0.00708. The number of β-lactam (4-membered cyclic amide) rings is 1. The molecule has 1 aliphatic heterocycles. The van der Waals surface area contributed by atoms with Crippen LogP contribution in [0.15, 0.2) is 30.3 Å². The van der Waals surface area contributed by atoms with Gasteiger partial charge in [-0.1, -0.05) is 44.2 Å². The van der Waals surface area contributed by atoms with Crippen molar-refractivity contribution >= 4 is 11.9 Å². The van der Waals surface area contributed by atoms with Gasteiger partial charge in [0.25, 0.3) is 0 Å². The topological polar surface area (TPSA) is 64.6 Å². The van der Waals surface area contributed by atoms with Crippen LogP contribution in [-0.2, 0) is 25.7 Å². The molecular formula is C17H23NO4. The molecule has 0 aromatic heterocycles. The minimum Gasteiger partial charge on any atom is -0.459 e. The van der Waals surface area contributed by atoms with Gasteiger partial charge in [0.1, 0.15) is 12.8 Å². The maximum Gasteiger partial charge on any atom is 0.335 e. The molecule has 5 heteroatoms. The SMILES string of the molecule is CCC1(CC)C(=O)NC1OC(C)C(=O)OCc1ccccc1. The first-order valence-corrected chi connectivity index (χ1v) is 7.70. The van der Waals surface area contributed by atoms with Crippen LogP contribution >= 0.6 is 0 Å². The molecule has 1 fully saturated rings. The minimum atomic E-state index is -0.716. The number of amides is 1. The summed E-state index contributed by atoms with van der Waals surface area (Å²) in [6, 6.07) is 9.48. The van der Waals surface area contributed by atoms with Gasteiger partial charge in [0.15, 0.2) is 6.10 Å². The van der Waals surface area contributed by atoms with Gasteiger partial charge in [-0.15, -0.1) is 0 Å². The predicted molar refractivity (Wildman–Crippen MR) is 81.7 cm³/mol. The van der Waals surface area contributed by atoms with E-state index in [4.69, 9.17) is 9.47 Å². The summed E-state index contributed by atoms with van der Waals surface area (Å²) in [5.74, 6) is -0.432. The van der Waals surface area contributed by atoms with Crippen molar-refractivity contribution in [1.82, 2.24) is 5.32 Å². The van der Waals surface area contributed by atoms with Crippen LogP contribution < -0.4 is 5.32 Å². The van der Waals surface area contributed by atoms with E-state index in [9.17, 15) is 9.59 Å². The third-order valence-corrected chi connectivity index (χ3v) is 4.37. The molecule has 2 rings (SSSR count). The van der Waals surface area contributed by atoms with Crippen molar-refractivity contribution in [2.75, 3.05) is 0 Å². The van der Waals surface area contributed by atoms with E-state index in [-0.39, 0.29) is 12.5 Å². The Morgan fingerprint density at radius 1 is 1.27 bits per heavy atom. The lowest BCUT2D eigenvalue weighted by Gasteiger charge is -2.47. The monoisotopic (exact) mass is 305 g/mol. The van der Waals surface area contributed by atoms with Crippen LogP contribution in [0.2, 0.25) is 0 Å². The molecule has 1 heterocycles. The molecule has 22 heavy (non-hydrogen) atoms. The van der Waals surface area contributed by atoms with Crippen LogP contribution in [0.4, 0.5) is 0 Å². The van der Waals surface area contributed by atoms with Crippen LogP contribution in [0.25, 0.3) is 0 Å². The third-order valence-electron chi connectivity index (χ3n) is 4.37. The van der Waals surface area contributed by atoms with E-state index >= 15 is 0 Å². The highest BCUT2D eigenvalue weighted by Crippen LogP contribution is 2.39. The molecule has 1 saturated heterocycles. The molecule has 1 N–H and O–H groups in total. The van der Waals surface area contributed by atoms with Crippen molar-refractivity contribution in [3.8, 4) is 0 Å². The van der Waals surface area contributed by atoms with Gasteiger partial charge in [-0.05, 0) is 25.3 Å². The zero-order valence-electron chi connectivity index (χ0n) is 13.3. The van der Waals surface area contributed by atoms with Crippen LogP contribution in [0.5, 0.6) is 0 Å². The Labute approximate surface area is 131 Å². The number of hydrogen-bond donors (Lipinski definition) is 1. The van der Waals surface area contributed by atoms with Crippen molar-refractivity contribution in [1.29, 1.82) is 0 Å². The Balaban J connectivity index is 1.85. The number of carbonyl (C=O) groups excluding carboxylic acids is 2. The standard InChI is InChI=1S/C17H23NO4/c1-4-17(5-2)15(20)18-16(17)22-12(3)14(19)21-11-13-9-7-6-8-10-13/h6-10,12,16H,4-5,11H2,1-3H3,(H,18,20). The quantitative estimate of drug-likeness (QED) is 0.620. The van der Waals surface area contributed by atoms with Crippen molar-refractivity contribution < 1.29 is 19.1 Å². The van der Waals surface area contributed by atoms with Gasteiger partial charge in [0.05, 0.1) is 5.41 Å². The Kier molecular flexibility index (Phi) is 5.19. The zero-order valence-corrected chi connectivity index (χ0v) is 13.3. The van der Waals surface area contributed by atoms with Crippen molar-refractivity contribution in [2.45, 2.75) is 52.6 Å². The second kappa shape index (κ2) is 6.92. The first-order chi connectivity index (χ1) is 10.5. The van der Waals surface area contributed by atoms with Gasteiger partial charge in [0, 0.05) is 0 Å². The van der Waals surface area contributed by atoms with E-state index in [0.29, 0.717) is 12.8 Å². The normalized spacial score (nSPS) is 20.7. The average molecular weight is 305 g/mol. The summed E-state index contributed by atoms with van der Waals surface area (Å²) in [6.07, 6.45) is 0.235. The molecule has 0 bridgehead atoms. The summed E-state index contributed by atoms with van der Waals surface area (Å²) >= 11 is 0. The Morgan fingerprint density at radius 2 is 1.91 bits per heavy atom. The maximum absolute atomic E-state index is 12.0. The van der Waals surface area contributed by atoms with E-state index in [0.717, 1.165) is 5.56 Å². The lowest BCUT2D eigenvalue weighted by atomic mass is 9.73. The van der Waals surface area contributed by atoms with Gasteiger partial charge in [0.2, 0.25) is 5.91 Å². The molecule has 2 atom stereocenters. The smallest absolute Gasteiger partial charge is 0.335 e. The molecule has 1 aromatic rings. The fourth-order valence-electron chi connectivity index (χ4n) is 2.65. The largest absolute Gasteiger partial charge is 0.459 e. The number of benzene rings is 1. The van der Waals surface area contributed by atoms with Gasteiger partial charge < -0.3 is 14.8 Å². The van der Waals surface area contributed by atoms with E-state index in [1.54, 1.807) is 6.92 Å². The molecule has 120 valence electrons. The fraction of sp³-hybridized carbons (Fsp3) is 0.529. The van der Waals surface area contributed by atoms with Crippen LogP contribution in [-0.4, -0.2) is 24.2 Å². The van der Waals surface area contributed by atoms with E-state index < -0.39 is 23.7 Å². The zero-order chi connectivity index (χ0) is 16.2. The number of esters is 1. The highest BCUT2D eigenvalue weighted by molar-refractivity contribution is 5.89. The summed E-state index contributed by atoms with van der Waals surface area (Å²) in [4.78, 5) is 23.8. The lowest BCUT2D eigenvalue weighted by Crippen LogP contribution is -2.68. The van der Waals surface area contributed by atoms with E-state index in [1.807, 2.05) is 44.2 Å². The molecule has 1 aliphatic rings. The summed E-state index contributed by atoms with van der Waals surface area (Å²) < 4.78 is 10.9. The summed E-state index contributed by atoms with van der Waals surface area (Å²) in [6.45, 7) is 5.78. The third kappa shape index (κ3) is 3.14. The molecule has 5 nitrogen and oxygen atoms in total. The second-order valence-electron chi connectivity index (χ2n) is 5.59. The summed E-state index contributed by atoms with van der Waals surface area (Å²) in [5, 5.41) is 2.73. The number of ether oxygens (including phenoxy) is 2. The van der Waals surface area contributed by atoms with Crippen molar-refractivity contribution in [3.05, 3.63) is 35.9 Å². The Hall–Kier alpha value is -1.88. The van der Waals surface area contributed by atoms with Crippen LogP contribution in [0.1, 0.15) is 39.2 Å². The van der Waals surface area contributed by atoms with E-state index in [1.165, 1.54) is 0 Å². The van der Waals surface area contributed by atoms with Crippen LogP contribution in [0.3, 0.4) is 0 Å². The van der Waals surface area contributed by atoms with Gasteiger partial charge in [-0.3, -0.25) is 4.79 Å². The Morgan fingerprint density at radius 3 is 2.45 bits per heavy atom. The second-order valence-corrected chi connectivity index (χ2v) is 5.59. The summed E-state index contributed by atoms with van der Waals surface area (Å²) in [7, 11) is 0. The predicted octanol–water partition coefficient (Wildman–Crippen LogP) is 2.40. The van der Waals surface area contributed by atoms with Gasteiger partial charge in [-0.2, -0.15) is 0 Å². The molecule has 0 saturated carbocycles. The Bertz CT molecular complexity index is 525. The number of hydrogen-bond acceptors (Lipinski definition) is 4. The molecule has 0 radical (unpaired) electrons. The van der Waals surface area contributed by atoms with Crippen molar-refractivity contribution in [2.24, 2.45) is 5.41 Å². The molecule has 0 aliphatic carbocycles. The van der Waals surface area contributed by atoms with Gasteiger partial charge in [-0.25, -0.2) is 4.79 Å². The highest BCUT2D eigenvalue weighted by atomic mass is 16.6. The first-order valence-electron chi connectivity index (χ1n) is 7.70. The van der Waals surface area contributed by atoms with Crippen LogP contribution in [0, 0.1) is 5.41 Å². The maximum atomic E-state index is 12.0. The highest BCUT2D eigenvalue weighted by Gasteiger charge is 2.54. The van der Waals surface area contributed by atoms with E-state index in [2.05, 4.69) is 5.32 Å². The van der Waals surface area contributed by atoms with Crippen molar-refractivity contribution in [3.63, 3.8) is 0 Å². The molecular weight excluding hydrogens is 282 g/mol. The fourth-order valence-corrected chi connectivity index (χ4v) is 2.65. The number of nitrogens with one attached hydrogen (secondary N) is 1. The molecule has 1 amide bonds. The van der Waals surface area contributed by atoms with Gasteiger partial charge >= 0.3 is 5.97 Å². The molecule has 1 aromatic carbocycles.